The van der Waals surface area contributed by atoms with Crippen LogP contribution in [0.15, 0.2) is 75.4 Å². The SMILES string of the molecule is O=C(CCn1ccnc1)N1c2ccccc2Sc2ccc(Br)cc21. The Hall–Kier alpha value is -2.05. The Morgan fingerprint density at radius 2 is 1.96 bits per heavy atom. The molecule has 2 heterocycles. The summed E-state index contributed by atoms with van der Waals surface area (Å²) in [5.74, 6) is 0.0794. The Morgan fingerprint density at radius 1 is 1.12 bits per heavy atom. The third kappa shape index (κ3) is 2.87. The van der Waals surface area contributed by atoms with E-state index in [0.717, 1.165) is 25.6 Å². The van der Waals surface area contributed by atoms with Crippen LogP contribution in [0.1, 0.15) is 6.42 Å². The van der Waals surface area contributed by atoms with Crippen molar-refractivity contribution >= 4 is 45.0 Å². The van der Waals surface area contributed by atoms with Crippen molar-refractivity contribution < 1.29 is 4.79 Å². The van der Waals surface area contributed by atoms with E-state index in [1.54, 1.807) is 24.3 Å². The predicted octanol–water partition coefficient (Wildman–Crippen LogP) is 4.87. The molecule has 0 N–H and O–H groups in total. The number of para-hydroxylation sites is 1. The summed E-state index contributed by atoms with van der Waals surface area (Å²) in [6, 6.07) is 14.1. The maximum Gasteiger partial charge on any atom is 0.233 e. The van der Waals surface area contributed by atoms with Crippen LogP contribution in [0.2, 0.25) is 0 Å². The molecule has 0 saturated heterocycles. The number of carbonyl (C=O) groups excluding carboxylic acids is 1. The van der Waals surface area contributed by atoms with Crippen LogP contribution in [0.3, 0.4) is 0 Å². The number of hydrogen-bond acceptors (Lipinski definition) is 3. The fourth-order valence-electron chi connectivity index (χ4n) is 2.75. The topological polar surface area (TPSA) is 38.1 Å². The summed E-state index contributed by atoms with van der Waals surface area (Å²) in [5, 5.41) is 0. The Labute approximate surface area is 152 Å². The molecule has 1 aliphatic rings. The Bertz CT molecular complexity index is 895. The standard InChI is InChI=1S/C18H14BrN3OS/c19-13-5-6-17-15(11-13)22(14-3-1-2-4-16(14)24-17)18(23)7-9-21-10-8-20-12-21/h1-6,8,10-12H,7,9H2. The van der Waals surface area contributed by atoms with E-state index >= 15 is 0 Å². The van der Waals surface area contributed by atoms with Gasteiger partial charge in [-0.1, -0.05) is 39.8 Å². The minimum Gasteiger partial charge on any atom is -0.337 e. The van der Waals surface area contributed by atoms with Crippen LogP contribution >= 0.6 is 27.7 Å². The monoisotopic (exact) mass is 399 g/mol. The zero-order valence-electron chi connectivity index (χ0n) is 12.7. The molecule has 1 aliphatic heterocycles. The van der Waals surface area contributed by atoms with E-state index in [1.165, 1.54) is 0 Å². The van der Waals surface area contributed by atoms with E-state index in [-0.39, 0.29) is 5.91 Å². The quantitative estimate of drug-likeness (QED) is 0.630. The van der Waals surface area contributed by atoms with Gasteiger partial charge in [0.05, 0.1) is 17.7 Å². The highest BCUT2D eigenvalue weighted by Gasteiger charge is 2.27. The van der Waals surface area contributed by atoms with Crippen molar-refractivity contribution in [1.82, 2.24) is 9.55 Å². The van der Waals surface area contributed by atoms with Crippen LogP contribution in [0, 0.1) is 0 Å². The molecule has 0 unspecified atom stereocenters. The molecule has 0 bridgehead atoms. The first-order chi connectivity index (χ1) is 11.7. The second kappa shape index (κ2) is 6.45. The Kier molecular flexibility index (Phi) is 4.16. The lowest BCUT2D eigenvalue weighted by atomic mass is 10.2. The fourth-order valence-corrected chi connectivity index (χ4v) is 4.14. The van der Waals surface area contributed by atoms with E-state index in [1.807, 2.05) is 46.0 Å². The Balaban J connectivity index is 1.70. The number of nitrogens with zero attached hydrogens (tertiary/aromatic N) is 3. The number of imidazole rings is 1. The molecule has 1 aromatic heterocycles. The van der Waals surface area contributed by atoms with E-state index in [0.29, 0.717) is 13.0 Å². The van der Waals surface area contributed by atoms with Gasteiger partial charge in [-0.15, -0.1) is 0 Å². The molecule has 0 aliphatic carbocycles. The molecule has 0 saturated carbocycles. The fraction of sp³-hybridized carbons (Fsp3) is 0.111. The van der Waals surface area contributed by atoms with E-state index in [2.05, 4.69) is 33.0 Å². The summed E-state index contributed by atoms with van der Waals surface area (Å²) in [4.78, 5) is 21.0. The number of hydrogen-bond donors (Lipinski definition) is 0. The van der Waals surface area contributed by atoms with Gasteiger partial charge in [0.25, 0.3) is 0 Å². The van der Waals surface area contributed by atoms with E-state index in [4.69, 9.17) is 0 Å². The molecule has 4 nitrogen and oxygen atoms in total. The summed E-state index contributed by atoms with van der Waals surface area (Å²) >= 11 is 5.22. The second-order valence-electron chi connectivity index (χ2n) is 5.46. The van der Waals surface area contributed by atoms with Crippen LogP contribution in [0.4, 0.5) is 11.4 Å². The lowest BCUT2D eigenvalue weighted by Gasteiger charge is -2.31. The van der Waals surface area contributed by atoms with Crippen molar-refractivity contribution in [2.75, 3.05) is 4.90 Å². The van der Waals surface area contributed by atoms with Crippen molar-refractivity contribution in [2.24, 2.45) is 0 Å². The molecule has 0 atom stereocenters. The number of anilines is 2. The van der Waals surface area contributed by atoms with Crippen LogP contribution < -0.4 is 4.90 Å². The van der Waals surface area contributed by atoms with Crippen LogP contribution in [0.25, 0.3) is 0 Å². The summed E-state index contributed by atoms with van der Waals surface area (Å²) in [7, 11) is 0. The first-order valence-corrected chi connectivity index (χ1v) is 9.18. The molecule has 2 aromatic carbocycles. The molecule has 1 amide bonds. The van der Waals surface area contributed by atoms with Crippen molar-refractivity contribution in [2.45, 2.75) is 22.8 Å². The largest absolute Gasteiger partial charge is 0.337 e. The lowest BCUT2D eigenvalue weighted by Crippen LogP contribution is -2.29. The molecule has 0 fully saturated rings. The molecule has 6 heteroatoms. The second-order valence-corrected chi connectivity index (χ2v) is 7.46. The zero-order valence-corrected chi connectivity index (χ0v) is 15.1. The number of carbonyl (C=O) groups is 1. The lowest BCUT2D eigenvalue weighted by molar-refractivity contribution is -0.118. The number of fused-ring (bicyclic) bond motifs is 2. The molecule has 120 valence electrons. The summed E-state index contributed by atoms with van der Waals surface area (Å²) in [6.07, 6.45) is 5.75. The number of amides is 1. The van der Waals surface area contributed by atoms with Gasteiger partial charge < -0.3 is 4.57 Å². The first-order valence-electron chi connectivity index (χ1n) is 7.57. The molecular formula is C18H14BrN3OS. The zero-order chi connectivity index (χ0) is 16.5. The minimum atomic E-state index is 0.0794. The van der Waals surface area contributed by atoms with E-state index in [9.17, 15) is 4.79 Å². The van der Waals surface area contributed by atoms with Gasteiger partial charge in [-0.2, -0.15) is 0 Å². The predicted molar refractivity (Wildman–Crippen MR) is 98.7 cm³/mol. The first kappa shape index (κ1) is 15.5. The Morgan fingerprint density at radius 3 is 2.79 bits per heavy atom. The van der Waals surface area contributed by atoms with Crippen molar-refractivity contribution in [3.05, 3.63) is 65.7 Å². The van der Waals surface area contributed by atoms with Crippen molar-refractivity contribution in [3.63, 3.8) is 0 Å². The van der Waals surface area contributed by atoms with Crippen LogP contribution in [0.5, 0.6) is 0 Å². The third-order valence-corrected chi connectivity index (χ3v) is 5.50. The maximum atomic E-state index is 13.0. The smallest absolute Gasteiger partial charge is 0.233 e. The molecule has 24 heavy (non-hydrogen) atoms. The van der Waals surface area contributed by atoms with E-state index < -0.39 is 0 Å². The summed E-state index contributed by atoms with van der Waals surface area (Å²) in [5.41, 5.74) is 1.88. The number of benzene rings is 2. The average Bonchev–Trinajstić information content (AvgIpc) is 3.11. The normalized spacial score (nSPS) is 12.6. The van der Waals surface area contributed by atoms with Crippen molar-refractivity contribution in [3.8, 4) is 0 Å². The molecule has 0 radical (unpaired) electrons. The minimum absolute atomic E-state index is 0.0794. The molecule has 4 rings (SSSR count). The summed E-state index contributed by atoms with van der Waals surface area (Å²) < 4.78 is 2.89. The highest BCUT2D eigenvalue weighted by Crippen LogP contribution is 2.48. The van der Waals surface area contributed by atoms with Crippen molar-refractivity contribution in [1.29, 1.82) is 0 Å². The van der Waals surface area contributed by atoms with Crippen LogP contribution in [-0.2, 0) is 11.3 Å². The summed E-state index contributed by atoms with van der Waals surface area (Å²) in [6.45, 7) is 0.619. The van der Waals surface area contributed by atoms with Gasteiger partial charge in [-0.25, -0.2) is 4.98 Å². The van der Waals surface area contributed by atoms with Gasteiger partial charge in [0.2, 0.25) is 5.91 Å². The number of rotatable bonds is 3. The van der Waals surface area contributed by atoms with Gasteiger partial charge in [-0.3, -0.25) is 9.69 Å². The maximum absolute atomic E-state index is 13.0. The van der Waals surface area contributed by atoms with Gasteiger partial charge in [-0.05, 0) is 30.3 Å². The highest BCUT2D eigenvalue weighted by atomic mass is 79.9. The average molecular weight is 400 g/mol. The molecule has 0 spiro atoms. The third-order valence-electron chi connectivity index (χ3n) is 3.88. The van der Waals surface area contributed by atoms with Crippen LogP contribution in [-0.4, -0.2) is 15.5 Å². The number of halogens is 1. The van der Waals surface area contributed by atoms with Gasteiger partial charge in [0.15, 0.2) is 0 Å². The molecular weight excluding hydrogens is 386 g/mol. The van der Waals surface area contributed by atoms with Gasteiger partial charge in [0.1, 0.15) is 0 Å². The highest BCUT2D eigenvalue weighted by molar-refractivity contribution is 9.10. The van der Waals surface area contributed by atoms with Gasteiger partial charge >= 0.3 is 0 Å². The molecule has 3 aromatic rings. The number of aryl methyl sites for hydroxylation is 1. The number of aromatic nitrogens is 2. The van der Waals surface area contributed by atoms with Gasteiger partial charge in [0, 0.05) is 39.6 Å².